The van der Waals surface area contributed by atoms with Gasteiger partial charge < -0.3 is 41.5 Å². The van der Waals surface area contributed by atoms with Crippen LogP contribution in [0.4, 0.5) is 46.4 Å². The molecule has 6 amide bonds. The van der Waals surface area contributed by atoms with E-state index >= 15 is 0 Å². The predicted octanol–water partition coefficient (Wildman–Crippen LogP) is 7.11. The summed E-state index contributed by atoms with van der Waals surface area (Å²) in [4.78, 5) is 86.0. The van der Waals surface area contributed by atoms with Crippen LogP contribution in [0.3, 0.4) is 0 Å². The summed E-state index contributed by atoms with van der Waals surface area (Å²) >= 11 is 0. The number of hydrogen-bond donors (Lipinski definition) is 5. The number of nitrogens with two attached hydrogens (primary N) is 1. The van der Waals surface area contributed by atoms with Crippen molar-refractivity contribution in [3.05, 3.63) is 147 Å². The van der Waals surface area contributed by atoms with Crippen LogP contribution in [0.25, 0.3) is 0 Å². The van der Waals surface area contributed by atoms with Gasteiger partial charge in [0.1, 0.15) is 6.61 Å². The van der Waals surface area contributed by atoms with Crippen molar-refractivity contribution in [2.24, 2.45) is 0 Å². The highest BCUT2D eigenvalue weighted by Gasteiger charge is 2.25. The van der Waals surface area contributed by atoms with E-state index in [2.05, 4.69) is 30.8 Å². The maximum Gasteiger partial charge on any atom is 0.323 e. The fourth-order valence-electron chi connectivity index (χ4n) is 8.34. The molecule has 26 heteroatoms. The first kappa shape index (κ1) is 69.6. The number of piperazine rings is 3. The first-order valence-corrected chi connectivity index (χ1v) is 25.2. The van der Waals surface area contributed by atoms with E-state index in [-0.39, 0.29) is 73.1 Å². The van der Waals surface area contributed by atoms with Crippen LogP contribution in [-0.2, 0) is 38.8 Å². The van der Waals surface area contributed by atoms with E-state index in [9.17, 15) is 47.3 Å². The molecule has 81 heavy (non-hydrogen) atoms. The molecule has 3 aliphatic heterocycles. The lowest BCUT2D eigenvalue weighted by molar-refractivity contribution is -0.387. The fraction of sp³-hybridized carbons (Fsp3) is 0.400. The van der Waals surface area contributed by atoms with Gasteiger partial charge in [0.05, 0.1) is 40.1 Å². The lowest BCUT2D eigenvalue weighted by Gasteiger charge is -2.34. The SMILES string of the molecule is C.CC(=O)N1CCN(Cc2cccc(N)c2F)CC1.CC(=O)N1CCN(Cc2cccc([N+](=O)[O-])c2F)CC1.CC(=O)Nc1ccc(C)nc1.Cc1ccc(NC(=O)Nc2cccc(CN3CCN(C(=O)CO)CC3)c2F)cn1.Cl.Cl. The van der Waals surface area contributed by atoms with E-state index in [4.69, 9.17) is 10.8 Å². The second kappa shape index (κ2) is 34.6. The van der Waals surface area contributed by atoms with Crippen LogP contribution in [0.1, 0.15) is 56.3 Å². The highest BCUT2D eigenvalue weighted by atomic mass is 35.5. The Kier molecular flexibility index (Phi) is 29.8. The van der Waals surface area contributed by atoms with Crippen molar-refractivity contribution in [3.8, 4) is 0 Å². The Morgan fingerprint density at radius 1 is 0.580 bits per heavy atom. The molecule has 3 fully saturated rings. The highest BCUT2D eigenvalue weighted by molar-refractivity contribution is 5.99. The number of aliphatic hydroxyl groups is 1. The van der Waals surface area contributed by atoms with Gasteiger partial charge in [-0.2, -0.15) is 4.39 Å². The maximum absolute atomic E-state index is 14.9. The molecule has 0 atom stereocenters. The number of nitro benzene ring substituents is 1. The average molecular weight is 1170 g/mol. The van der Waals surface area contributed by atoms with Gasteiger partial charge in [-0.15, -0.1) is 24.8 Å². The number of benzene rings is 3. The number of pyridine rings is 2. The molecule has 0 unspecified atom stereocenters. The topological polar surface area (TPSA) is 256 Å². The van der Waals surface area contributed by atoms with Crippen molar-refractivity contribution in [2.75, 3.05) is 107 Å². The van der Waals surface area contributed by atoms with Crippen LogP contribution in [-0.4, -0.2) is 164 Å². The number of nitrogens with zero attached hydrogens (tertiary/aromatic N) is 9. The molecule has 2 aromatic heterocycles. The quantitative estimate of drug-likeness (QED) is 0.0502. The minimum absolute atomic E-state index is 0. The van der Waals surface area contributed by atoms with Crippen LogP contribution in [0, 0.1) is 41.4 Å². The molecule has 442 valence electrons. The molecule has 3 aromatic carbocycles. The van der Waals surface area contributed by atoms with E-state index < -0.39 is 34.9 Å². The van der Waals surface area contributed by atoms with Gasteiger partial charge in [0.2, 0.25) is 29.4 Å². The van der Waals surface area contributed by atoms with Gasteiger partial charge in [0.25, 0.3) is 0 Å². The fourth-order valence-corrected chi connectivity index (χ4v) is 8.34. The second-order valence-electron chi connectivity index (χ2n) is 18.6. The summed E-state index contributed by atoms with van der Waals surface area (Å²) in [6.45, 7) is 16.7. The van der Waals surface area contributed by atoms with Crippen molar-refractivity contribution in [3.63, 3.8) is 0 Å². The maximum atomic E-state index is 14.9. The second-order valence-corrected chi connectivity index (χ2v) is 18.6. The molecule has 0 aliphatic carbocycles. The van der Waals surface area contributed by atoms with E-state index in [0.717, 1.165) is 36.2 Å². The Morgan fingerprint density at radius 3 is 1.40 bits per heavy atom. The standard InChI is InChI=1S/C20H24FN5O3.C13H16FN3O3.C13H18FN3O.C8H10N2O.CH4.2ClH/c1-14-5-6-16(11-22-14)23-20(29)24-17-4-2-3-15(19(17)21)12-25-7-9-26(10-8-25)18(28)13-27;1-10(18)16-7-5-15(6-8-16)9-11-3-2-4-12(13(11)14)17(19)20;1-10(18)17-7-5-16(6-8-17)9-11-3-2-4-12(15)13(11)14;1-6-3-4-8(5-9-6)10-7(2)11;;;/h2-6,11,27H,7-10,12-13H2,1H3,(H2,23,24,29);2-4H,5-9H2,1H3;2-4H,5-9,15H2,1H3;3-5H,1-2H3,(H,10,11);1H4;2*1H. The number of urea groups is 1. The Hall–Kier alpha value is -7.48. The predicted molar refractivity (Wildman–Crippen MR) is 310 cm³/mol. The number of aliphatic hydroxyl groups excluding tert-OH is 1. The molecule has 0 spiro atoms. The largest absolute Gasteiger partial charge is 0.396 e. The van der Waals surface area contributed by atoms with E-state index in [1.54, 1.807) is 71.5 Å². The number of rotatable bonds is 11. The van der Waals surface area contributed by atoms with Gasteiger partial charge in [-0.25, -0.2) is 13.6 Å². The summed E-state index contributed by atoms with van der Waals surface area (Å²) in [6, 6.07) is 20.8. The van der Waals surface area contributed by atoms with Crippen LogP contribution >= 0.6 is 24.8 Å². The number of nitro groups is 1. The Balaban J connectivity index is 0.000000382. The van der Waals surface area contributed by atoms with Gasteiger partial charge in [0, 0.05) is 153 Å². The third-order valence-corrected chi connectivity index (χ3v) is 12.8. The van der Waals surface area contributed by atoms with Gasteiger partial charge in [-0.1, -0.05) is 43.8 Å². The van der Waals surface area contributed by atoms with Gasteiger partial charge in [-0.3, -0.25) is 54.0 Å². The molecule has 0 saturated carbocycles. The molecular formula is C55H74Cl2F3N13O8. The monoisotopic (exact) mass is 1170 g/mol. The number of nitrogens with one attached hydrogen (secondary N) is 3. The minimum Gasteiger partial charge on any atom is -0.396 e. The molecule has 5 heterocycles. The molecular weight excluding hydrogens is 1100 g/mol. The van der Waals surface area contributed by atoms with Crippen LogP contribution in [0.15, 0.2) is 91.3 Å². The summed E-state index contributed by atoms with van der Waals surface area (Å²) in [5.41, 5.74) is 9.75. The number of hydrogen-bond acceptors (Lipinski definition) is 14. The number of carbonyl (C=O) groups is 5. The zero-order valence-electron chi connectivity index (χ0n) is 45.3. The third-order valence-electron chi connectivity index (χ3n) is 12.8. The van der Waals surface area contributed by atoms with E-state index in [1.807, 2.05) is 40.7 Å². The molecule has 8 rings (SSSR count). The van der Waals surface area contributed by atoms with Crippen molar-refractivity contribution >= 4 is 82.9 Å². The normalized spacial score (nSPS) is 14.2. The lowest BCUT2D eigenvalue weighted by atomic mass is 10.1. The zero-order valence-corrected chi connectivity index (χ0v) is 47.0. The lowest BCUT2D eigenvalue weighted by Crippen LogP contribution is -2.49. The van der Waals surface area contributed by atoms with Gasteiger partial charge in [0.15, 0.2) is 11.6 Å². The average Bonchev–Trinajstić information content (AvgIpc) is 3.44. The van der Waals surface area contributed by atoms with E-state index in [0.29, 0.717) is 107 Å². The Morgan fingerprint density at radius 2 is 0.988 bits per heavy atom. The number of anilines is 4. The van der Waals surface area contributed by atoms with Crippen LogP contribution < -0.4 is 21.7 Å². The summed E-state index contributed by atoms with van der Waals surface area (Å²) in [5.74, 6) is -1.82. The van der Waals surface area contributed by atoms with E-state index in [1.165, 1.54) is 32.2 Å². The summed E-state index contributed by atoms with van der Waals surface area (Å²) in [5, 5.41) is 27.4. The summed E-state index contributed by atoms with van der Waals surface area (Å²) in [7, 11) is 0. The molecule has 3 saturated heterocycles. The third kappa shape index (κ3) is 22.5. The minimum atomic E-state index is -0.772. The highest BCUT2D eigenvalue weighted by Crippen LogP contribution is 2.23. The summed E-state index contributed by atoms with van der Waals surface area (Å²) < 4.78 is 42.6. The Labute approximate surface area is 483 Å². The number of aromatic nitrogens is 2. The van der Waals surface area contributed by atoms with Crippen molar-refractivity contribution in [1.82, 2.24) is 39.4 Å². The molecule has 3 aliphatic rings. The summed E-state index contributed by atoms with van der Waals surface area (Å²) in [6.07, 6.45) is 3.17. The van der Waals surface area contributed by atoms with Crippen LogP contribution in [0.2, 0.25) is 0 Å². The number of halogens is 5. The Bertz CT molecular complexity index is 2840. The first-order valence-electron chi connectivity index (χ1n) is 25.2. The number of amides is 6. The van der Waals surface area contributed by atoms with Crippen molar-refractivity contribution in [2.45, 2.75) is 61.7 Å². The number of aryl methyl sites for hydroxylation is 2. The molecule has 0 bridgehead atoms. The smallest absolute Gasteiger partial charge is 0.323 e. The number of carbonyl (C=O) groups excluding carboxylic acids is 5. The van der Waals surface area contributed by atoms with Crippen molar-refractivity contribution in [1.29, 1.82) is 0 Å². The molecule has 21 nitrogen and oxygen atoms in total. The zero-order chi connectivity index (χ0) is 56.9. The molecule has 6 N–H and O–H groups in total. The van der Waals surface area contributed by atoms with Gasteiger partial charge in [-0.05, 0) is 50.2 Å². The van der Waals surface area contributed by atoms with Crippen molar-refractivity contribution < 1.29 is 47.2 Å². The molecule has 5 aromatic rings. The molecule has 0 radical (unpaired) electrons. The number of nitrogen functional groups attached to an aromatic ring is 1. The van der Waals surface area contributed by atoms with Gasteiger partial charge >= 0.3 is 11.7 Å². The van der Waals surface area contributed by atoms with Crippen LogP contribution in [0.5, 0.6) is 0 Å². The first-order chi connectivity index (χ1) is 37.2.